The van der Waals surface area contributed by atoms with Gasteiger partial charge in [0.2, 0.25) is 0 Å². The first-order chi connectivity index (χ1) is 13.3. The normalized spacial score (nSPS) is 53.6. The van der Waals surface area contributed by atoms with Crippen LogP contribution in [0.3, 0.4) is 0 Å². The Morgan fingerprint density at radius 2 is 1.93 bits per heavy atom. The Kier molecular flexibility index (Phi) is 4.62. The summed E-state index contributed by atoms with van der Waals surface area (Å²) in [5, 5.41) is 16.8. The van der Waals surface area contributed by atoms with Crippen molar-refractivity contribution in [1.82, 2.24) is 5.32 Å². The fourth-order valence-corrected chi connectivity index (χ4v) is 9.67. The molecule has 5 aliphatic rings. The van der Waals surface area contributed by atoms with Crippen LogP contribution in [0.5, 0.6) is 0 Å². The van der Waals surface area contributed by atoms with Gasteiger partial charge in [0.25, 0.3) is 0 Å². The highest BCUT2D eigenvalue weighted by atomic mass is 32.2. The van der Waals surface area contributed by atoms with Crippen LogP contribution in [0, 0.1) is 28.6 Å². The quantitative estimate of drug-likeness (QED) is 0.673. The van der Waals surface area contributed by atoms with Gasteiger partial charge in [-0.2, -0.15) is 11.8 Å². The molecule has 1 unspecified atom stereocenters. The molecule has 28 heavy (non-hydrogen) atoms. The lowest BCUT2D eigenvalue weighted by Crippen LogP contribution is -2.63. The van der Waals surface area contributed by atoms with Gasteiger partial charge in [-0.1, -0.05) is 26.0 Å². The highest BCUT2D eigenvalue weighted by Gasteiger charge is 2.65. The van der Waals surface area contributed by atoms with Crippen LogP contribution in [-0.4, -0.2) is 40.1 Å². The van der Waals surface area contributed by atoms with Gasteiger partial charge in [-0.05, 0) is 75.7 Å². The molecule has 0 aromatic carbocycles. The second-order valence-electron chi connectivity index (χ2n) is 11.1. The van der Waals surface area contributed by atoms with Gasteiger partial charge in [-0.25, -0.2) is 0 Å². The number of hydrogen-bond donors (Lipinski definition) is 2. The van der Waals surface area contributed by atoms with Gasteiger partial charge < -0.3 is 10.4 Å². The summed E-state index contributed by atoms with van der Waals surface area (Å²) < 4.78 is 0. The van der Waals surface area contributed by atoms with E-state index < -0.39 is 5.60 Å². The van der Waals surface area contributed by atoms with Crippen molar-refractivity contribution in [2.75, 3.05) is 13.1 Å². The predicted molar refractivity (Wildman–Crippen MR) is 115 cm³/mol. The zero-order chi connectivity index (χ0) is 19.7. The molecule has 4 saturated carbocycles. The van der Waals surface area contributed by atoms with Crippen LogP contribution in [0.2, 0.25) is 0 Å². The smallest absolute Gasteiger partial charge is 0.139 e. The number of ketones is 1. The summed E-state index contributed by atoms with van der Waals surface area (Å²) in [5.41, 5.74) is 0.502. The summed E-state index contributed by atoms with van der Waals surface area (Å²) in [6.07, 6.45) is 9.21. The molecule has 3 nitrogen and oxygen atoms in total. The standard InChI is InChI=1S/C24H37NO2S/c1-15-12-24(27)13-16(28-17-8-11-25-14-17)6-10-23(24,3)19-7-9-22(2)18(21(15)19)4-5-20(22)26/h16-19,21,25,27H,1,4-14H2,2-3H3/t16-,17?,18+,19+,21+,22+,23-,24-/m1/s1. The number of thioether (sulfide) groups is 1. The summed E-state index contributed by atoms with van der Waals surface area (Å²) in [6, 6.07) is 0. The van der Waals surface area contributed by atoms with Gasteiger partial charge in [-0.3, -0.25) is 4.79 Å². The molecule has 0 aromatic rings. The molecule has 0 aromatic heterocycles. The second kappa shape index (κ2) is 6.59. The molecule has 156 valence electrons. The molecule has 1 heterocycles. The first-order valence-electron chi connectivity index (χ1n) is 11.6. The molecule has 2 N–H and O–H groups in total. The molecule has 1 aliphatic heterocycles. The molecule has 5 rings (SSSR count). The summed E-state index contributed by atoms with van der Waals surface area (Å²) in [7, 11) is 0. The molecule has 5 fully saturated rings. The van der Waals surface area contributed by atoms with Crippen molar-refractivity contribution in [3.05, 3.63) is 12.2 Å². The fourth-order valence-electron chi connectivity index (χ4n) is 8.03. The number of hydrogen-bond acceptors (Lipinski definition) is 4. The zero-order valence-corrected chi connectivity index (χ0v) is 18.5. The maximum absolute atomic E-state index is 12.7. The van der Waals surface area contributed by atoms with E-state index in [4.69, 9.17) is 0 Å². The number of rotatable bonds is 2. The third-order valence-electron chi connectivity index (χ3n) is 9.80. The number of carbonyl (C=O) groups is 1. The minimum atomic E-state index is -0.608. The number of nitrogens with one attached hydrogen (secondary N) is 1. The van der Waals surface area contributed by atoms with Gasteiger partial charge in [0.1, 0.15) is 5.78 Å². The molecular formula is C24H37NO2S. The van der Waals surface area contributed by atoms with E-state index in [0.29, 0.717) is 28.8 Å². The number of carbonyl (C=O) groups excluding carboxylic acids is 1. The van der Waals surface area contributed by atoms with E-state index >= 15 is 0 Å². The van der Waals surface area contributed by atoms with Crippen molar-refractivity contribution in [2.45, 2.75) is 87.7 Å². The molecule has 4 aliphatic carbocycles. The first-order valence-corrected chi connectivity index (χ1v) is 12.5. The minimum Gasteiger partial charge on any atom is -0.389 e. The Morgan fingerprint density at radius 3 is 2.68 bits per heavy atom. The van der Waals surface area contributed by atoms with Crippen LogP contribution >= 0.6 is 11.8 Å². The maximum atomic E-state index is 12.7. The highest BCUT2D eigenvalue weighted by molar-refractivity contribution is 8.00. The van der Waals surface area contributed by atoms with Gasteiger partial charge in [-0.15, -0.1) is 0 Å². The van der Waals surface area contributed by atoms with E-state index in [0.717, 1.165) is 63.3 Å². The van der Waals surface area contributed by atoms with Crippen molar-refractivity contribution < 1.29 is 9.90 Å². The summed E-state index contributed by atoms with van der Waals surface area (Å²) in [6.45, 7) is 11.4. The zero-order valence-electron chi connectivity index (χ0n) is 17.6. The van der Waals surface area contributed by atoms with Gasteiger partial charge in [0.15, 0.2) is 0 Å². The van der Waals surface area contributed by atoms with Crippen molar-refractivity contribution in [3.63, 3.8) is 0 Å². The lowest BCUT2D eigenvalue weighted by atomic mass is 9.43. The van der Waals surface area contributed by atoms with Crippen LogP contribution in [0.4, 0.5) is 0 Å². The van der Waals surface area contributed by atoms with E-state index in [-0.39, 0.29) is 10.8 Å². The SMILES string of the molecule is C=C1C[C@@]2(O)C[C@H](SC3CCNC3)CC[C@]2(C)[C@H]2CC[C@]3(C)C(=O)CC[C@H]3[C@H]12. The molecule has 8 atom stereocenters. The van der Waals surface area contributed by atoms with E-state index in [1.807, 2.05) is 0 Å². The lowest BCUT2D eigenvalue weighted by Gasteiger charge is -2.64. The van der Waals surface area contributed by atoms with Gasteiger partial charge in [0, 0.05) is 34.3 Å². The van der Waals surface area contributed by atoms with E-state index in [2.05, 4.69) is 37.5 Å². The molecular weight excluding hydrogens is 366 g/mol. The summed E-state index contributed by atoms with van der Waals surface area (Å²) in [5.74, 6) is 1.89. The Hall–Kier alpha value is -0.320. The molecule has 0 radical (unpaired) electrons. The molecule has 1 saturated heterocycles. The van der Waals surface area contributed by atoms with Gasteiger partial charge >= 0.3 is 0 Å². The number of aliphatic hydroxyl groups is 1. The molecule has 0 bridgehead atoms. The van der Waals surface area contributed by atoms with Crippen LogP contribution in [0.1, 0.15) is 71.6 Å². The number of Topliss-reactive ketones (excluding diaryl/α,β-unsaturated/α-hetero) is 1. The largest absolute Gasteiger partial charge is 0.389 e. The monoisotopic (exact) mass is 403 g/mol. The van der Waals surface area contributed by atoms with Crippen molar-refractivity contribution >= 4 is 17.5 Å². The first kappa shape index (κ1) is 19.6. The Bertz CT molecular complexity index is 688. The Balaban J connectivity index is 1.40. The predicted octanol–water partition coefficient (Wildman–Crippen LogP) is 4.34. The van der Waals surface area contributed by atoms with Crippen LogP contribution in [0.15, 0.2) is 12.2 Å². The number of fused-ring (bicyclic) bond motifs is 5. The van der Waals surface area contributed by atoms with Crippen molar-refractivity contribution in [2.24, 2.45) is 28.6 Å². The van der Waals surface area contributed by atoms with Crippen molar-refractivity contribution in [3.8, 4) is 0 Å². The van der Waals surface area contributed by atoms with Crippen LogP contribution in [0.25, 0.3) is 0 Å². The third-order valence-corrected chi connectivity index (χ3v) is 11.4. The summed E-state index contributed by atoms with van der Waals surface area (Å²) in [4.78, 5) is 12.7. The lowest BCUT2D eigenvalue weighted by molar-refractivity contribution is -0.182. The van der Waals surface area contributed by atoms with Gasteiger partial charge in [0.05, 0.1) is 5.60 Å². The maximum Gasteiger partial charge on any atom is 0.139 e. The van der Waals surface area contributed by atoms with Crippen molar-refractivity contribution in [1.29, 1.82) is 0 Å². The van der Waals surface area contributed by atoms with E-state index in [1.54, 1.807) is 0 Å². The molecule has 4 heteroatoms. The minimum absolute atomic E-state index is 0.0171. The fraction of sp³-hybridized carbons (Fsp3) is 0.875. The average Bonchev–Trinajstić information content (AvgIpc) is 3.25. The molecule has 0 amide bonds. The van der Waals surface area contributed by atoms with E-state index in [9.17, 15) is 9.90 Å². The van der Waals surface area contributed by atoms with Crippen LogP contribution in [-0.2, 0) is 4.79 Å². The molecule has 0 spiro atoms. The average molecular weight is 404 g/mol. The Morgan fingerprint density at radius 1 is 1.11 bits per heavy atom. The topological polar surface area (TPSA) is 49.3 Å². The van der Waals surface area contributed by atoms with E-state index in [1.165, 1.54) is 18.4 Å². The Labute approximate surface area is 174 Å². The van der Waals surface area contributed by atoms with Crippen LogP contribution < -0.4 is 5.32 Å². The second-order valence-corrected chi connectivity index (χ2v) is 12.7. The third kappa shape index (κ3) is 2.66. The summed E-state index contributed by atoms with van der Waals surface area (Å²) >= 11 is 2.13. The highest BCUT2D eigenvalue weighted by Crippen LogP contribution is 2.68.